The number of carbonyl (C=O) groups excluding carboxylic acids is 2. The first kappa shape index (κ1) is 19.9. The molecule has 28 heavy (non-hydrogen) atoms. The zero-order valence-electron chi connectivity index (χ0n) is 16.6. The summed E-state index contributed by atoms with van der Waals surface area (Å²) in [6, 6.07) is 8.14. The number of likely N-dealkylation sites (tertiary alicyclic amines) is 1. The zero-order valence-corrected chi connectivity index (χ0v) is 16.6. The molecular weight excluding hydrogens is 358 g/mol. The smallest absolute Gasteiger partial charge is 0.224 e. The summed E-state index contributed by atoms with van der Waals surface area (Å²) in [6.45, 7) is 2.43. The fourth-order valence-electron chi connectivity index (χ4n) is 3.60. The van der Waals surface area contributed by atoms with E-state index in [0.717, 1.165) is 24.1 Å². The minimum atomic E-state index is -0.00509. The molecule has 2 amide bonds. The predicted molar refractivity (Wildman–Crippen MR) is 104 cm³/mol. The number of nitrogens with one attached hydrogen (secondary N) is 2. The number of aromatic nitrogens is 4. The molecule has 0 bridgehead atoms. The van der Waals surface area contributed by atoms with Crippen LogP contribution in [0.5, 0.6) is 0 Å². The Labute approximate surface area is 164 Å². The van der Waals surface area contributed by atoms with Gasteiger partial charge in [-0.15, -0.1) is 5.10 Å². The van der Waals surface area contributed by atoms with Gasteiger partial charge in [0.15, 0.2) is 5.82 Å². The van der Waals surface area contributed by atoms with Crippen LogP contribution in [0.2, 0.25) is 0 Å². The molecule has 9 heteroatoms. The Morgan fingerprint density at radius 1 is 1.14 bits per heavy atom. The van der Waals surface area contributed by atoms with Crippen molar-refractivity contribution in [2.24, 2.45) is 0 Å². The fraction of sp³-hybridized carbons (Fsp3) is 0.526. The Balaban J connectivity index is 1.47. The minimum Gasteiger partial charge on any atom is -0.359 e. The third-order valence-electron chi connectivity index (χ3n) is 5.39. The largest absolute Gasteiger partial charge is 0.359 e. The molecule has 0 unspecified atom stereocenters. The van der Waals surface area contributed by atoms with E-state index >= 15 is 0 Å². The first-order chi connectivity index (χ1) is 13.5. The van der Waals surface area contributed by atoms with Crippen LogP contribution in [0.3, 0.4) is 0 Å². The van der Waals surface area contributed by atoms with Crippen LogP contribution >= 0.6 is 0 Å². The normalized spacial score (nSPS) is 19.5. The van der Waals surface area contributed by atoms with Gasteiger partial charge >= 0.3 is 0 Å². The molecule has 3 rings (SSSR count). The minimum absolute atomic E-state index is 0.00509. The zero-order chi connectivity index (χ0) is 20.1. The number of hydrogen-bond acceptors (Lipinski definition) is 6. The van der Waals surface area contributed by atoms with Gasteiger partial charge < -0.3 is 10.6 Å². The number of rotatable bonds is 7. The molecule has 2 aromatic rings. The van der Waals surface area contributed by atoms with Crippen molar-refractivity contribution in [3.63, 3.8) is 0 Å². The van der Waals surface area contributed by atoms with Gasteiger partial charge in [-0.3, -0.25) is 14.5 Å². The Kier molecular flexibility index (Phi) is 6.35. The lowest BCUT2D eigenvalue weighted by Crippen LogP contribution is -2.42. The Morgan fingerprint density at radius 3 is 2.50 bits per heavy atom. The number of aryl methyl sites for hydroxylation is 1. The topological polar surface area (TPSA) is 105 Å². The molecule has 1 aliphatic heterocycles. The standard InChI is InChI=1S/C19H27N7O2/c1-13-22-23-24-26(13)15-6-4-14(5-7-15)10-19(28)21-12-17-9-8-16(25(17)3)11-18(27)20-2/h4-7,16-17H,8-12H2,1-3H3,(H,20,27)(H,21,28)/t16-,17+/m1/s1. The number of nitrogens with zero attached hydrogens (tertiary/aromatic N) is 5. The highest BCUT2D eigenvalue weighted by atomic mass is 16.2. The van der Waals surface area contributed by atoms with Gasteiger partial charge in [0.05, 0.1) is 12.1 Å². The number of hydrogen-bond donors (Lipinski definition) is 2. The highest BCUT2D eigenvalue weighted by Crippen LogP contribution is 2.24. The maximum absolute atomic E-state index is 12.3. The van der Waals surface area contributed by atoms with E-state index in [1.807, 2.05) is 38.2 Å². The summed E-state index contributed by atoms with van der Waals surface area (Å²) in [6.07, 6.45) is 2.79. The number of benzene rings is 1. The van der Waals surface area contributed by atoms with Gasteiger partial charge in [-0.1, -0.05) is 12.1 Å². The van der Waals surface area contributed by atoms with Crippen molar-refractivity contribution in [1.82, 2.24) is 35.7 Å². The summed E-state index contributed by atoms with van der Waals surface area (Å²) in [7, 11) is 3.68. The van der Waals surface area contributed by atoms with Gasteiger partial charge in [-0.25, -0.2) is 0 Å². The highest BCUT2D eigenvalue weighted by Gasteiger charge is 2.31. The molecule has 150 valence electrons. The SMILES string of the molecule is CNC(=O)C[C@H]1CC[C@@H](CNC(=O)Cc2ccc(-n3nnnc3C)cc2)N1C. The molecule has 2 atom stereocenters. The number of tetrazole rings is 1. The Hall–Kier alpha value is -2.81. The van der Waals surface area contributed by atoms with Gasteiger partial charge in [0.1, 0.15) is 0 Å². The van der Waals surface area contributed by atoms with Gasteiger partial charge in [-0.05, 0) is 54.9 Å². The van der Waals surface area contributed by atoms with Crippen LogP contribution in [0.15, 0.2) is 24.3 Å². The van der Waals surface area contributed by atoms with Crippen LogP contribution in [0.4, 0.5) is 0 Å². The molecule has 2 N–H and O–H groups in total. The number of amides is 2. The molecule has 0 saturated carbocycles. The lowest BCUT2D eigenvalue weighted by atomic mass is 10.1. The summed E-state index contributed by atoms with van der Waals surface area (Å²) >= 11 is 0. The van der Waals surface area contributed by atoms with Crippen LogP contribution in [0.25, 0.3) is 5.69 Å². The van der Waals surface area contributed by atoms with Crippen LogP contribution in [-0.4, -0.2) is 69.6 Å². The maximum atomic E-state index is 12.3. The second kappa shape index (κ2) is 8.92. The monoisotopic (exact) mass is 385 g/mol. The van der Waals surface area contributed by atoms with Crippen LogP contribution in [0, 0.1) is 6.92 Å². The van der Waals surface area contributed by atoms with Gasteiger partial charge in [-0.2, -0.15) is 4.68 Å². The van der Waals surface area contributed by atoms with Crippen molar-refractivity contribution in [3.05, 3.63) is 35.7 Å². The van der Waals surface area contributed by atoms with Crippen LogP contribution in [0.1, 0.15) is 30.7 Å². The van der Waals surface area contributed by atoms with E-state index in [1.54, 1.807) is 11.7 Å². The first-order valence-electron chi connectivity index (χ1n) is 9.51. The molecule has 1 aromatic carbocycles. The fourth-order valence-corrected chi connectivity index (χ4v) is 3.60. The van der Waals surface area contributed by atoms with E-state index in [2.05, 4.69) is 31.1 Å². The second-order valence-electron chi connectivity index (χ2n) is 7.21. The molecule has 9 nitrogen and oxygen atoms in total. The second-order valence-corrected chi connectivity index (χ2v) is 7.21. The van der Waals surface area contributed by atoms with Crippen molar-refractivity contribution in [3.8, 4) is 5.69 Å². The van der Waals surface area contributed by atoms with Crippen molar-refractivity contribution in [2.75, 3.05) is 20.6 Å². The molecule has 2 heterocycles. The van der Waals surface area contributed by atoms with E-state index in [4.69, 9.17) is 0 Å². The van der Waals surface area contributed by atoms with Gasteiger partial charge in [0.2, 0.25) is 11.8 Å². The summed E-state index contributed by atoms with van der Waals surface area (Å²) in [5, 5.41) is 17.1. The van der Waals surface area contributed by atoms with Crippen molar-refractivity contribution >= 4 is 11.8 Å². The summed E-state index contributed by atoms with van der Waals surface area (Å²) in [5.41, 5.74) is 1.80. The van der Waals surface area contributed by atoms with Crippen molar-refractivity contribution in [1.29, 1.82) is 0 Å². The van der Waals surface area contributed by atoms with E-state index < -0.39 is 0 Å². The molecule has 1 saturated heterocycles. The first-order valence-corrected chi connectivity index (χ1v) is 9.51. The Bertz CT molecular complexity index is 818. The number of likely N-dealkylation sites (N-methyl/N-ethyl adjacent to an activating group) is 1. The number of carbonyl (C=O) groups is 2. The van der Waals surface area contributed by atoms with E-state index in [1.165, 1.54) is 0 Å². The van der Waals surface area contributed by atoms with E-state index in [-0.39, 0.29) is 23.9 Å². The molecule has 0 aliphatic carbocycles. The molecule has 1 fully saturated rings. The average Bonchev–Trinajstić information content (AvgIpc) is 3.27. The average molecular weight is 385 g/mol. The summed E-state index contributed by atoms with van der Waals surface area (Å²) < 4.78 is 1.65. The molecule has 1 aliphatic rings. The quantitative estimate of drug-likeness (QED) is 0.707. The van der Waals surface area contributed by atoms with Gasteiger partial charge in [0, 0.05) is 32.1 Å². The Morgan fingerprint density at radius 2 is 1.86 bits per heavy atom. The van der Waals surface area contributed by atoms with Crippen LogP contribution in [-0.2, 0) is 16.0 Å². The third kappa shape index (κ3) is 4.72. The van der Waals surface area contributed by atoms with E-state index in [0.29, 0.717) is 25.2 Å². The highest BCUT2D eigenvalue weighted by molar-refractivity contribution is 5.78. The summed E-state index contributed by atoms with van der Waals surface area (Å²) in [5.74, 6) is 0.761. The molecule has 1 aromatic heterocycles. The maximum Gasteiger partial charge on any atom is 0.224 e. The molecular formula is C19H27N7O2. The van der Waals surface area contributed by atoms with Gasteiger partial charge in [0.25, 0.3) is 0 Å². The lowest BCUT2D eigenvalue weighted by molar-refractivity contribution is -0.122. The lowest BCUT2D eigenvalue weighted by Gasteiger charge is -2.25. The van der Waals surface area contributed by atoms with Crippen LogP contribution < -0.4 is 10.6 Å². The van der Waals surface area contributed by atoms with Crippen molar-refractivity contribution < 1.29 is 9.59 Å². The molecule has 0 radical (unpaired) electrons. The van der Waals surface area contributed by atoms with E-state index in [9.17, 15) is 9.59 Å². The third-order valence-corrected chi connectivity index (χ3v) is 5.39. The summed E-state index contributed by atoms with van der Waals surface area (Å²) in [4.78, 5) is 26.1. The molecule has 0 spiro atoms. The van der Waals surface area contributed by atoms with Crippen molar-refractivity contribution in [2.45, 2.75) is 44.7 Å². The predicted octanol–water partition coefficient (Wildman–Crippen LogP) is 0.228.